The highest BCUT2D eigenvalue weighted by molar-refractivity contribution is 7.81. The molecule has 5 fully saturated rings. The van der Waals surface area contributed by atoms with E-state index in [1.165, 1.54) is 6.92 Å². The van der Waals surface area contributed by atoms with E-state index in [9.17, 15) is 61.4 Å². The number of ether oxygens (including phenoxy) is 2. The van der Waals surface area contributed by atoms with Gasteiger partial charge in [0, 0.05) is 11.3 Å². The lowest BCUT2D eigenvalue weighted by Gasteiger charge is -2.72. The molecule has 0 aromatic heterocycles. The van der Waals surface area contributed by atoms with Gasteiger partial charge in [-0.25, -0.2) is 8.37 Å². The van der Waals surface area contributed by atoms with Crippen LogP contribution in [-0.4, -0.2) is 124 Å². The number of hydrogen-bond donors (Lipinski definition) is 8. The fourth-order valence-electron chi connectivity index (χ4n) is 12.8. The molecular formula is C36H58O17S2. The van der Waals surface area contributed by atoms with Crippen molar-refractivity contribution in [2.24, 2.45) is 50.7 Å². The summed E-state index contributed by atoms with van der Waals surface area (Å²) >= 11 is 0. The number of hydrogen-bond acceptors (Lipinski definition) is 15. The van der Waals surface area contributed by atoms with Crippen LogP contribution in [0.1, 0.15) is 92.9 Å². The highest BCUT2D eigenvalue weighted by Gasteiger charge is 2.73. The Balaban J connectivity index is 1.40. The van der Waals surface area contributed by atoms with Gasteiger partial charge in [-0.15, -0.1) is 0 Å². The van der Waals surface area contributed by atoms with Crippen LogP contribution >= 0.6 is 0 Å². The van der Waals surface area contributed by atoms with Crippen LogP contribution in [-0.2, 0) is 43.4 Å². The number of carbonyl (C=O) groups is 1. The quantitative estimate of drug-likeness (QED) is 0.0965. The monoisotopic (exact) mass is 826 g/mol. The van der Waals surface area contributed by atoms with E-state index in [2.05, 4.69) is 13.8 Å². The van der Waals surface area contributed by atoms with E-state index in [0.29, 0.717) is 38.5 Å². The Kier molecular flexibility index (Phi) is 10.9. The Morgan fingerprint density at radius 3 is 2.15 bits per heavy atom. The molecular weight excluding hydrogens is 769 g/mol. The third kappa shape index (κ3) is 6.64. The van der Waals surface area contributed by atoms with Crippen LogP contribution in [0.3, 0.4) is 0 Å². The average molecular weight is 827 g/mol. The lowest BCUT2D eigenvalue weighted by molar-refractivity contribution is -0.299. The average Bonchev–Trinajstić information content (AvgIpc) is 3.07. The zero-order chi connectivity index (χ0) is 41.1. The van der Waals surface area contributed by atoms with Gasteiger partial charge in [0.1, 0.15) is 30.5 Å². The molecule has 4 saturated carbocycles. The molecule has 1 saturated heterocycles. The van der Waals surface area contributed by atoms with E-state index < -0.39 is 127 Å². The number of carbonyl (C=O) groups excluding carboxylic acids is 1. The molecule has 0 radical (unpaired) electrons. The van der Waals surface area contributed by atoms with Crippen LogP contribution < -0.4 is 0 Å². The molecule has 0 aromatic rings. The van der Waals surface area contributed by atoms with E-state index in [4.69, 9.17) is 17.8 Å². The molecule has 316 valence electrons. The summed E-state index contributed by atoms with van der Waals surface area (Å²) < 4.78 is 88.1. The maximum Gasteiger partial charge on any atom is 0.397 e. The van der Waals surface area contributed by atoms with E-state index in [1.54, 1.807) is 6.92 Å². The molecule has 17 atom stereocenters. The number of allylic oxidation sites excluding steroid dienone is 1. The summed E-state index contributed by atoms with van der Waals surface area (Å²) in [4.78, 5) is 14.6. The van der Waals surface area contributed by atoms with E-state index in [-0.39, 0.29) is 24.7 Å². The molecule has 55 heavy (non-hydrogen) atoms. The number of aliphatic hydroxyl groups is 6. The highest BCUT2D eigenvalue weighted by atomic mass is 32.3. The molecule has 5 aliphatic carbocycles. The SMILES string of the molecule is CC1CCC2(C(=O)OC3OC(CO)C(O)C(O)C3O)CCC3(C)C(=CCC4C5(C)CC(O)C(OS(=O)(=O)O)C(C)(COS(=O)(=O)O)C5CCC43C)C2C1(C)O. The summed E-state index contributed by atoms with van der Waals surface area (Å²) in [6.45, 7) is 9.92. The van der Waals surface area contributed by atoms with Crippen LogP contribution in [0.15, 0.2) is 11.6 Å². The van der Waals surface area contributed by atoms with Crippen LogP contribution in [0.4, 0.5) is 0 Å². The number of rotatable bonds is 8. The first-order valence-corrected chi connectivity index (χ1v) is 21.8. The maximum atomic E-state index is 14.6. The standard InChI is InChI=1S/C36H58O17S2/c1-18-9-12-36(30(42)52-29-26(41)25(40)24(39)21(16-37)51-29)14-13-33(4)19(27(36)35(18,6)43)7-8-23-31(2)15-20(38)28(53-55(47,48)49)32(3,17-50-54(44,45)46)22(31)10-11-34(23,33)5/h7,18,20-29,37-41,43H,8-17H2,1-6H3,(H,44,45,46)(H,47,48,49). The van der Waals surface area contributed by atoms with Crippen LogP contribution in [0.25, 0.3) is 0 Å². The van der Waals surface area contributed by atoms with Gasteiger partial charge in [-0.05, 0) is 92.3 Å². The lowest BCUT2D eigenvalue weighted by atomic mass is 9.33. The minimum Gasteiger partial charge on any atom is -0.432 e. The number of fused-ring (bicyclic) bond motifs is 7. The van der Waals surface area contributed by atoms with E-state index in [0.717, 1.165) is 5.57 Å². The van der Waals surface area contributed by atoms with Crippen LogP contribution in [0.5, 0.6) is 0 Å². The lowest BCUT2D eigenvalue weighted by Crippen LogP contribution is -2.70. The summed E-state index contributed by atoms with van der Waals surface area (Å²) in [5, 5.41) is 65.2. The summed E-state index contributed by atoms with van der Waals surface area (Å²) in [7, 11) is -10.1. The molecule has 0 aromatic carbocycles. The second-order valence-corrected chi connectivity index (χ2v) is 20.7. The summed E-state index contributed by atoms with van der Waals surface area (Å²) in [6.07, 6.45) is -6.43. The molecule has 1 aliphatic heterocycles. The fourth-order valence-corrected chi connectivity index (χ4v) is 13.9. The van der Waals surface area contributed by atoms with E-state index >= 15 is 0 Å². The zero-order valence-electron chi connectivity index (χ0n) is 32.1. The third-order valence-corrected chi connectivity index (χ3v) is 16.9. The molecule has 0 amide bonds. The van der Waals surface area contributed by atoms with Crippen LogP contribution in [0.2, 0.25) is 0 Å². The zero-order valence-corrected chi connectivity index (χ0v) is 33.7. The minimum atomic E-state index is -5.12. The second-order valence-electron chi connectivity index (χ2n) is 18.6. The van der Waals surface area contributed by atoms with Gasteiger partial charge >= 0.3 is 26.8 Å². The van der Waals surface area contributed by atoms with Gasteiger partial charge in [-0.2, -0.15) is 16.8 Å². The maximum absolute atomic E-state index is 14.6. The molecule has 0 spiro atoms. The highest BCUT2D eigenvalue weighted by Crippen LogP contribution is 2.76. The van der Waals surface area contributed by atoms with Crippen molar-refractivity contribution < 1.29 is 79.2 Å². The largest absolute Gasteiger partial charge is 0.432 e. The molecule has 6 rings (SSSR count). The molecule has 17 nitrogen and oxygen atoms in total. The molecule has 0 bridgehead atoms. The number of esters is 1. The van der Waals surface area contributed by atoms with Crippen molar-refractivity contribution in [1.29, 1.82) is 0 Å². The van der Waals surface area contributed by atoms with Gasteiger partial charge in [0.15, 0.2) is 0 Å². The summed E-state index contributed by atoms with van der Waals surface area (Å²) in [5.74, 6) is -2.51. The third-order valence-electron chi connectivity index (χ3n) is 16.0. The minimum absolute atomic E-state index is 0.0202. The van der Waals surface area contributed by atoms with Crippen molar-refractivity contribution in [2.75, 3.05) is 13.2 Å². The summed E-state index contributed by atoms with van der Waals surface area (Å²) in [6, 6.07) is 0. The van der Waals surface area contributed by atoms with Gasteiger partial charge in [-0.3, -0.25) is 13.9 Å². The first-order chi connectivity index (χ1) is 25.1. The number of aliphatic hydroxyl groups excluding tert-OH is 5. The van der Waals surface area contributed by atoms with Gasteiger partial charge in [0.05, 0.1) is 30.3 Å². The van der Waals surface area contributed by atoms with Crippen LogP contribution in [0, 0.1) is 50.7 Å². The Labute approximate surface area is 322 Å². The van der Waals surface area contributed by atoms with Gasteiger partial charge < -0.3 is 40.1 Å². The molecule has 19 heteroatoms. The van der Waals surface area contributed by atoms with Gasteiger partial charge in [0.2, 0.25) is 6.29 Å². The smallest absolute Gasteiger partial charge is 0.397 e. The fraction of sp³-hybridized carbons (Fsp3) is 0.917. The first-order valence-electron chi connectivity index (χ1n) is 19.0. The topological polar surface area (TPSA) is 284 Å². The molecule has 17 unspecified atom stereocenters. The van der Waals surface area contributed by atoms with Crippen molar-refractivity contribution in [1.82, 2.24) is 0 Å². The van der Waals surface area contributed by atoms with Crippen molar-refractivity contribution in [2.45, 2.75) is 141 Å². The van der Waals surface area contributed by atoms with Crippen molar-refractivity contribution >= 4 is 26.8 Å². The Morgan fingerprint density at radius 2 is 1.55 bits per heavy atom. The molecule has 8 N–H and O–H groups in total. The van der Waals surface area contributed by atoms with Crippen molar-refractivity contribution in [3.05, 3.63) is 11.6 Å². The molecule has 1 heterocycles. The Bertz CT molecular complexity index is 1770. The Hall–Kier alpha value is -1.33. The van der Waals surface area contributed by atoms with Crippen molar-refractivity contribution in [3.8, 4) is 0 Å². The predicted molar refractivity (Wildman–Crippen MR) is 190 cm³/mol. The molecule has 6 aliphatic rings. The Morgan fingerprint density at radius 1 is 0.891 bits per heavy atom. The normalized spacial score (nSPS) is 51.5. The predicted octanol–water partition coefficient (Wildman–Crippen LogP) is 1.06. The second kappa shape index (κ2) is 13.9. The first kappa shape index (κ1) is 43.3. The van der Waals surface area contributed by atoms with Gasteiger partial charge in [0.25, 0.3) is 0 Å². The van der Waals surface area contributed by atoms with Gasteiger partial charge in [-0.1, -0.05) is 46.3 Å². The van der Waals surface area contributed by atoms with E-state index in [1.807, 2.05) is 19.9 Å². The van der Waals surface area contributed by atoms with Crippen molar-refractivity contribution in [3.63, 3.8) is 0 Å². The summed E-state index contributed by atoms with van der Waals surface area (Å²) in [5.41, 5.74) is -5.40.